The minimum Gasteiger partial charge on any atom is -0.345 e. The fourth-order valence-corrected chi connectivity index (χ4v) is 3.31. The number of hydrogen-bond donors (Lipinski definition) is 6. The van der Waals surface area contributed by atoms with Crippen molar-refractivity contribution in [3.05, 3.63) is 0 Å². The highest BCUT2D eigenvalue weighted by Crippen LogP contribution is 2.06. The SMILES string of the molecule is C[C@H](NC(=O)[C@@H]1CCCN1)C(=O)N[C@@H](CCCCN)C(=O)N[C@H](C=O)CCCCN. The number of nitrogens with one attached hydrogen (secondary N) is 4. The molecule has 1 saturated heterocycles. The van der Waals surface area contributed by atoms with Gasteiger partial charge in [-0.15, -0.1) is 0 Å². The lowest BCUT2D eigenvalue weighted by Crippen LogP contribution is -2.55. The van der Waals surface area contributed by atoms with Crippen LogP contribution < -0.4 is 32.7 Å². The summed E-state index contributed by atoms with van der Waals surface area (Å²) in [6, 6.07) is -2.49. The average molecular weight is 427 g/mol. The number of rotatable bonds is 15. The molecule has 30 heavy (non-hydrogen) atoms. The van der Waals surface area contributed by atoms with Gasteiger partial charge in [0.1, 0.15) is 18.4 Å². The Morgan fingerprint density at radius 3 is 2.23 bits per heavy atom. The average Bonchev–Trinajstić information content (AvgIpc) is 3.27. The first-order valence-electron chi connectivity index (χ1n) is 10.9. The van der Waals surface area contributed by atoms with Crippen LogP contribution in [0.25, 0.3) is 0 Å². The normalized spacial score (nSPS) is 18.8. The van der Waals surface area contributed by atoms with Gasteiger partial charge in [0.15, 0.2) is 0 Å². The summed E-state index contributed by atoms with van der Waals surface area (Å²) in [4.78, 5) is 48.8. The number of hydrogen-bond acceptors (Lipinski definition) is 7. The number of nitrogens with two attached hydrogens (primary N) is 2. The lowest BCUT2D eigenvalue weighted by atomic mass is 10.1. The maximum atomic E-state index is 12.7. The van der Waals surface area contributed by atoms with Crippen LogP contribution in [0.1, 0.15) is 58.3 Å². The van der Waals surface area contributed by atoms with Gasteiger partial charge in [-0.3, -0.25) is 14.4 Å². The topological polar surface area (TPSA) is 168 Å². The number of carbonyl (C=O) groups is 4. The fourth-order valence-electron chi connectivity index (χ4n) is 3.31. The van der Waals surface area contributed by atoms with Gasteiger partial charge in [0.25, 0.3) is 0 Å². The molecule has 0 aliphatic carbocycles. The van der Waals surface area contributed by atoms with E-state index in [1.807, 2.05) is 0 Å². The predicted molar refractivity (Wildman–Crippen MR) is 114 cm³/mol. The Balaban J connectivity index is 2.63. The maximum absolute atomic E-state index is 12.7. The van der Waals surface area contributed by atoms with E-state index >= 15 is 0 Å². The summed E-state index contributed by atoms with van der Waals surface area (Å²) in [7, 11) is 0. The van der Waals surface area contributed by atoms with Crippen molar-refractivity contribution in [3.63, 3.8) is 0 Å². The molecule has 8 N–H and O–H groups in total. The van der Waals surface area contributed by atoms with Gasteiger partial charge in [0, 0.05) is 0 Å². The van der Waals surface area contributed by atoms with E-state index in [9.17, 15) is 19.2 Å². The van der Waals surface area contributed by atoms with E-state index in [4.69, 9.17) is 11.5 Å². The molecular weight excluding hydrogens is 388 g/mol. The summed E-state index contributed by atoms with van der Waals surface area (Å²) >= 11 is 0. The third-order valence-corrected chi connectivity index (χ3v) is 5.17. The van der Waals surface area contributed by atoms with Gasteiger partial charge in [0.05, 0.1) is 12.1 Å². The molecule has 0 aromatic heterocycles. The molecule has 1 aliphatic heterocycles. The largest absolute Gasteiger partial charge is 0.345 e. The Bertz CT molecular complexity index is 553. The van der Waals surface area contributed by atoms with E-state index in [1.165, 1.54) is 0 Å². The summed E-state index contributed by atoms with van der Waals surface area (Å²) in [6.45, 7) is 3.37. The second-order valence-corrected chi connectivity index (χ2v) is 7.76. The van der Waals surface area contributed by atoms with Crippen LogP contribution in [-0.2, 0) is 19.2 Å². The molecule has 0 bridgehead atoms. The zero-order chi connectivity index (χ0) is 22.4. The van der Waals surface area contributed by atoms with Crippen LogP contribution in [0.5, 0.6) is 0 Å². The molecule has 1 rings (SSSR count). The van der Waals surface area contributed by atoms with Crippen LogP contribution in [0.15, 0.2) is 0 Å². The van der Waals surface area contributed by atoms with Crippen molar-refractivity contribution >= 4 is 24.0 Å². The first kappa shape index (κ1) is 26.0. The van der Waals surface area contributed by atoms with Crippen LogP contribution in [0, 0.1) is 0 Å². The zero-order valence-corrected chi connectivity index (χ0v) is 18.0. The van der Waals surface area contributed by atoms with Crippen molar-refractivity contribution < 1.29 is 19.2 Å². The standard InChI is InChI=1S/C20H38N6O4/c1-14(24-19(29)16-9-6-12-23-16)18(28)26-17(8-3-5-11-22)20(30)25-15(13-27)7-2-4-10-21/h13-17,23H,2-12,21-22H2,1H3,(H,24,29)(H,25,30)(H,26,28)/t14-,15-,16-,17-/m0/s1. The van der Waals surface area contributed by atoms with E-state index in [-0.39, 0.29) is 11.9 Å². The molecule has 0 radical (unpaired) electrons. The van der Waals surface area contributed by atoms with Crippen molar-refractivity contribution in [1.29, 1.82) is 0 Å². The van der Waals surface area contributed by atoms with Gasteiger partial charge in [-0.05, 0) is 77.9 Å². The minimum absolute atomic E-state index is 0.222. The van der Waals surface area contributed by atoms with Crippen molar-refractivity contribution in [3.8, 4) is 0 Å². The summed E-state index contributed by atoms with van der Waals surface area (Å²) < 4.78 is 0. The highest BCUT2D eigenvalue weighted by atomic mass is 16.2. The Morgan fingerprint density at radius 1 is 1.00 bits per heavy atom. The lowest BCUT2D eigenvalue weighted by Gasteiger charge is -2.23. The Kier molecular flexibility index (Phi) is 12.9. The van der Waals surface area contributed by atoms with Crippen molar-refractivity contribution in [2.75, 3.05) is 19.6 Å². The summed E-state index contributed by atoms with van der Waals surface area (Å²) in [5.74, 6) is -1.08. The summed E-state index contributed by atoms with van der Waals surface area (Å²) in [6.07, 6.45) is 6.11. The van der Waals surface area contributed by atoms with E-state index < -0.39 is 29.9 Å². The molecule has 0 aromatic carbocycles. The molecule has 1 aliphatic rings. The number of aldehydes is 1. The molecule has 0 unspecified atom stereocenters. The summed E-state index contributed by atoms with van der Waals surface area (Å²) in [5.41, 5.74) is 11.0. The molecule has 0 spiro atoms. The van der Waals surface area contributed by atoms with Crippen LogP contribution in [-0.4, -0.2) is 67.8 Å². The van der Waals surface area contributed by atoms with Gasteiger partial charge in [-0.25, -0.2) is 0 Å². The first-order chi connectivity index (χ1) is 14.4. The molecule has 1 fully saturated rings. The molecule has 172 valence electrons. The van der Waals surface area contributed by atoms with Gasteiger partial charge in [-0.2, -0.15) is 0 Å². The van der Waals surface area contributed by atoms with Gasteiger partial charge < -0.3 is 37.5 Å². The Hall–Kier alpha value is -2.04. The van der Waals surface area contributed by atoms with Gasteiger partial charge in [0.2, 0.25) is 17.7 Å². The highest BCUT2D eigenvalue weighted by molar-refractivity contribution is 5.93. The molecule has 0 saturated carbocycles. The van der Waals surface area contributed by atoms with Gasteiger partial charge in [-0.1, -0.05) is 0 Å². The van der Waals surface area contributed by atoms with Crippen molar-refractivity contribution in [1.82, 2.24) is 21.3 Å². The number of unbranched alkanes of at least 4 members (excludes halogenated alkanes) is 2. The third kappa shape index (κ3) is 9.64. The van der Waals surface area contributed by atoms with E-state index in [2.05, 4.69) is 21.3 Å². The highest BCUT2D eigenvalue weighted by Gasteiger charge is 2.28. The minimum atomic E-state index is -0.801. The second kappa shape index (κ2) is 14.9. The van der Waals surface area contributed by atoms with Gasteiger partial charge >= 0.3 is 0 Å². The lowest BCUT2D eigenvalue weighted by molar-refractivity contribution is -0.132. The fraction of sp³-hybridized carbons (Fsp3) is 0.800. The van der Waals surface area contributed by atoms with Crippen molar-refractivity contribution in [2.24, 2.45) is 11.5 Å². The maximum Gasteiger partial charge on any atom is 0.243 e. The Labute approximate surface area is 178 Å². The molecule has 10 nitrogen and oxygen atoms in total. The van der Waals surface area contributed by atoms with Crippen molar-refractivity contribution in [2.45, 2.75) is 82.5 Å². The van der Waals surface area contributed by atoms with Crippen LogP contribution in [0.4, 0.5) is 0 Å². The van der Waals surface area contributed by atoms with Crippen LogP contribution >= 0.6 is 0 Å². The number of amides is 3. The molecular formula is C20H38N6O4. The molecule has 1 heterocycles. The molecule has 10 heteroatoms. The smallest absolute Gasteiger partial charge is 0.243 e. The quantitative estimate of drug-likeness (QED) is 0.139. The van der Waals surface area contributed by atoms with Crippen LogP contribution in [0.2, 0.25) is 0 Å². The molecule has 3 amide bonds. The number of carbonyl (C=O) groups excluding carboxylic acids is 4. The summed E-state index contributed by atoms with van der Waals surface area (Å²) in [5, 5.41) is 11.2. The van der Waals surface area contributed by atoms with Crippen LogP contribution in [0.3, 0.4) is 0 Å². The van der Waals surface area contributed by atoms with E-state index in [1.54, 1.807) is 6.92 Å². The Morgan fingerprint density at radius 2 is 1.67 bits per heavy atom. The monoisotopic (exact) mass is 426 g/mol. The second-order valence-electron chi connectivity index (χ2n) is 7.76. The molecule has 0 aromatic rings. The van der Waals surface area contributed by atoms with E-state index in [0.29, 0.717) is 45.1 Å². The predicted octanol–water partition coefficient (Wildman–Crippen LogP) is -1.33. The first-order valence-corrected chi connectivity index (χ1v) is 10.9. The zero-order valence-electron chi connectivity index (χ0n) is 18.0. The molecule has 4 atom stereocenters. The third-order valence-electron chi connectivity index (χ3n) is 5.17. The van der Waals surface area contributed by atoms with E-state index in [0.717, 1.165) is 32.2 Å².